The Balaban J connectivity index is 2.71. The van der Waals surface area contributed by atoms with Gasteiger partial charge in [-0.2, -0.15) is 0 Å². The molecule has 8 nitrogen and oxygen atoms in total. The Hall–Kier alpha value is -2.16. The van der Waals surface area contributed by atoms with Gasteiger partial charge in [-0.25, -0.2) is 17.9 Å². The SMILES string of the molecule is CN1C(=O)NS(=O)(=O)c2ccc([N+](=O)[O-])cc21. The van der Waals surface area contributed by atoms with Crippen molar-refractivity contribution in [3.05, 3.63) is 28.3 Å². The number of carbonyl (C=O) groups is 1. The first-order valence-electron chi connectivity index (χ1n) is 4.42. The van der Waals surface area contributed by atoms with Gasteiger partial charge in [-0.3, -0.25) is 15.0 Å². The molecule has 0 saturated heterocycles. The molecule has 9 heteroatoms. The topological polar surface area (TPSA) is 110 Å². The minimum absolute atomic E-state index is 0.0112. The third kappa shape index (κ3) is 1.69. The number of non-ortho nitro benzene ring substituents is 1. The Morgan fingerprint density at radius 3 is 2.65 bits per heavy atom. The molecule has 1 N–H and O–H groups in total. The minimum Gasteiger partial charge on any atom is -0.295 e. The van der Waals surface area contributed by atoms with Gasteiger partial charge in [0.1, 0.15) is 4.90 Å². The van der Waals surface area contributed by atoms with E-state index < -0.39 is 21.0 Å². The number of benzene rings is 1. The molecule has 0 atom stereocenters. The molecule has 0 saturated carbocycles. The molecule has 90 valence electrons. The molecule has 1 aromatic carbocycles. The average molecular weight is 257 g/mol. The zero-order valence-corrected chi connectivity index (χ0v) is 9.39. The highest BCUT2D eigenvalue weighted by atomic mass is 32.2. The lowest BCUT2D eigenvalue weighted by atomic mass is 10.2. The van der Waals surface area contributed by atoms with Crippen molar-refractivity contribution in [3.63, 3.8) is 0 Å². The second-order valence-electron chi connectivity index (χ2n) is 3.38. The predicted octanol–water partition coefficient (Wildman–Crippen LogP) is 0.443. The molecular formula is C8H7N3O5S. The number of anilines is 1. The molecule has 2 rings (SSSR count). The van der Waals surface area contributed by atoms with Gasteiger partial charge in [-0.05, 0) is 6.07 Å². The molecule has 0 unspecified atom stereocenters. The highest BCUT2D eigenvalue weighted by molar-refractivity contribution is 7.90. The van der Waals surface area contributed by atoms with Crippen LogP contribution in [-0.4, -0.2) is 26.4 Å². The maximum Gasteiger partial charge on any atom is 0.335 e. The zero-order valence-electron chi connectivity index (χ0n) is 8.58. The summed E-state index contributed by atoms with van der Waals surface area (Å²) in [5.41, 5.74) is -0.288. The van der Waals surface area contributed by atoms with E-state index in [0.717, 1.165) is 23.1 Å². The van der Waals surface area contributed by atoms with E-state index in [4.69, 9.17) is 0 Å². The zero-order chi connectivity index (χ0) is 12.8. The third-order valence-corrected chi connectivity index (χ3v) is 3.70. The smallest absolute Gasteiger partial charge is 0.295 e. The highest BCUT2D eigenvalue weighted by Crippen LogP contribution is 2.31. The number of hydrogen-bond acceptors (Lipinski definition) is 5. The Bertz CT molecular complexity index is 624. The number of fused-ring (bicyclic) bond motifs is 1. The lowest BCUT2D eigenvalue weighted by Gasteiger charge is -2.25. The lowest BCUT2D eigenvalue weighted by Crippen LogP contribution is -2.45. The van der Waals surface area contributed by atoms with E-state index in [1.807, 2.05) is 0 Å². The van der Waals surface area contributed by atoms with Gasteiger partial charge in [0.2, 0.25) is 0 Å². The predicted molar refractivity (Wildman–Crippen MR) is 57.2 cm³/mol. The molecule has 0 bridgehead atoms. The van der Waals surface area contributed by atoms with Crippen LogP contribution in [-0.2, 0) is 10.0 Å². The monoisotopic (exact) mass is 257 g/mol. The second-order valence-corrected chi connectivity index (χ2v) is 5.03. The number of hydrogen-bond donors (Lipinski definition) is 1. The summed E-state index contributed by atoms with van der Waals surface area (Å²) in [5.74, 6) is 0. The van der Waals surface area contributed by atoms with Crippen molar-refractivity contribution in [3.8, 4) is 0 Å². The van der Waals surface area contributed by atoms with Crippen LogP contribution in [0.5, 0.6) is 0 Å². The lowest BCUT2D eigenvalue weighted by molar-refractivity contribution is -0.384. The van der Waals surface area contributed by atoms with E-state index in [9.17, 15) is 23.3 Å². The van der Waals surface area contributed by atoms with E-state index in [1.54, 1.807) is 4.72 Å². The van der Waals surface area contributed by atoms with Crippen molar-refractivity contribution >= 4 is 27.4 Å². The van der Waals surface area contributed by atoms with Crippen LogP contribution in [0.3, 0.4) is 0 Å². The van der Waals surface area contributed by atoms with Crippen molar-refractivity contribution in [2.24, 2.45) is 0 Å². The van der Waals surface area contributed by atoms with Crippen LogP contribution in [0.2, 0.25) is 0 Å². The fourth-order valence-corrected chi connectivity index (χ4v) is 2.65. The number of nitro groups is 1. The number of sulfonamides is 1. The standard InChI is InChI=1S/C8H7N3O5S/c1-10-6-4-5(11(13)14)2-3-7(6)17(15,16)9-8(10)12/h2-4H,1H3,(H,9,12). The Morgan fingerprint density at radius 2 is 2.06 bits per heavy atom. The number of nitrogens with one attached hydrogen (secondary N) is 1. The van der Waals surface area contributed by atoms with Gasteiger partial charge in [0.25, 0.3) is 15.7 Å². The maximum absolute atomic E-state index is 11.6. The van der Waals surface area contributed by atoms with Crippen LogP contribution < -0.4 is 9.62 Å². The van der Waals surface area contributed by atoms with E-state index >= 15 is 0 Å². The Morgan fingerprint density at radius 1 is 1.41 bits per heavy atom. The summed E-state index contributed by atoms with van der Waals surface area (Å²) in [7, 11) is -2.60. The first kappa shape index (κ1) is 11.3. The van der Waals surface area contributed by atoms with Gasteiger partial charge in [-0.1, -0.05) is 0 Å². The summed E-state index contributed by atoms with van der Waals surface area (Å²) < 4.78 is 25.0. The number of rotatable bonds is 1. The van der Waals surface area contributed by atoms with E-state index in [2.05, 4.69) is 0 Å². The molecule has 0 spiro atoms. The van der Waals surface area contributed by atoms with Crippen molar-refractivity contribution < 1.29 is 18.1 Å². The summed E-state index contributed by atoms with van der Waals surface area (Å²) in [4.78, 5) is 22.1. The molecule has 2 amide bonds. The van der Waals surface area contributed by atoms with Crippen molar-refractivity contribution in [1.29, 1.82) is 0 Å². The van der Waals surface area contributed by atoms with Gasteiger partial charge in [-0.15, -0.1) is 0 Å². The van der Waals surface area contributed by atoms with Gasteiger partial charge in [0.15, 0.2) is 0 Å². The Kier molecular flexibility index (Phi) is 2.28. The molecule has 0 aromatic heterocycles. The number of nitrogens with zero attached hydrogens (tertiary/aromatic N) is 2. The second kappa shape index (κ2) is 3.42. The third-order valence-electron chi connectivity index (χ3n) is 2.33. The van der Waals surface area contributed by atoms with Crippen LogP contribution >= 0.6 is 0 Å². The van der Waals surface area contributed by atoms with Crippen molar-refractivity contribution in [2.45, 2.75) is 4.90 Å². The molecule has 1 aliphatic heterocycles. The first-order chi connectivity index (χ1) is 7.83. The van der Waals surface area contributed by atoms with Crippen molar-refractivity contribution in [2.75, 3.05) is 11.9 Å². The first-order valence-corrected chi connectivity index (χ1v) is 5.90. The van der Waals surface area contributed by atoms with Gasteiger partial charge in [0, 0.05) is 19.2 Å². The normalized spacial score (nSPS) is 17.2. The number of amides is 2. The van der Waals surface area contributed by atoms with Crippen LogP contribution in [0.4, 0.5) is 16.2 Å². The summed E-state index contributed by atoms with van der Waals surface area (Å²) in [5, 5.41) is 10.6. The van der Waals surface area contributed by atoms with E-state index in [-0.39, 0.29) is 16.3 Å². The van der Waals surface area contributed by atoms with Crippen LogP contribution in [0.15, 0.2) is 23.1 Å². The number of nitro benzene ring substituents is 1. The van der Waals surface area contributed by atoms with E-state index in [1.165, 1.54) is 7.05 Å². The molecule has 17 heavy (non-hydrogen) atoms. The summed E-state index contributed by atoms with van der Waals surface area (Å²) >= 11 is 0. The average Bonchev–Trinajstić information content (AvgIpc) is 2.25. The van der Waals surface area contributed by atoms with Crippen molar-refractivity contribution in [1.82, 2.24) is 4.72 Å². The summed E-state index contributed by atoms with van der Waals surface area (Å²) in [6.07, 6.45) is 0. The molecule has 1 aliphatic rings. The van der Waals surface area contributed by atoms with Gasteiger partial charge >= 0.3 is 6.03 Å². The fraction of sp³-hybridized carbons (Fsp3) is 0.125. The maximum atomic E-state index is 11.6. The summed E-state index contributed by atoms with van der Waals surface area (Å²) in [6, 6.07) is 2.37. The molecular weight excluding hydrogens is 250 g/mol. The quantitative estimate of drug-likeness (QED) is 0.580. The molecule has 0 fully saturated rings. The highest BCUT2D eigenvalue weighted by Gasteiger charge is 2.33. The fourth-order valence-electron chi connectivity index (χ4n) is 1.46. The largest absolute Gasteiger partial charge is 0.335 e. The number of urea groups is 1. The van der Waals surface area contributed by atoms with Crippen LogP contribution in [0, 0.1) is 10.1 Å². The van der Waals surface area contributed by atoms with Gasteiger partial charge in [0.05, 0.1) is 10.6 Å². The minimum atomic E-state index is -3.93. The van der Waals surface area contributed by atoms with Crippen LogP contribution in [0.25, 0.3) is 0 Å². The van der Waals surface area contributed by atoms with Gasteiger partial charge < -0.3 is 0 Å². The van der Waals surface area contributed by atoms with Crippen LogP contribution in [0.1, 0.15) is 0 Å². The Labute approximate surface area is 96.0 Å². The number of carbonyl (C=O) groups excluding carboxylic acids is 1. The molecule has 1 heterocycles. The summed E-state index contributed by atoms with van der Waals surface area (Å²) in [6.45, 7) is 0. The van der Waals surface area contributed by atoms with E-state index in [0.29, 0.717) is 0 Å². The molecule has 0 radical (unpaired) electrons. The molecule has 0 aliphatic carbocycles. The molecule has 1 aromatic rings.